The van der Waals surface area contributed by atoms with Crippen molar-refractivity contribution in [2.45, 2.75) is 25.3 Å². The Hall–Kier alpha value is -2.86. The first kappa shape index (κ1) is 18.2. The minimum absolute atomic E-state index is 0.200. The Bertz CT molecular complexity index is 1070. The Kier molecular flexibility index (Phi) is 4.32. The van der Waals surface area contributed by atoms with Gasteiger partial charge in [-0.3, -0.25) is 4.79 Å². The molecule has 0 saturated carbocycles. The molecule has 0 N–H and O–H groups in total. The van der Waals surface area contributed by atoms with Gasteiger partial charge >= 0.3 is 0 Å². The van der Waals surface area contributed by atoms with Gasteiger partial charge in [-0.25, -0.2) is 4.98 Å². The average molecular weight is 405 g/mol. The van der Waals surface area contributed by atoms with Gasteiger partial charge in [0.25, 0.3) is 0 Å². The maximum Gasteiger partial charge on any atom is 0.227 e. The number of nitrogens with zero attached hydrogens (tertiary/aromatic N) is 4. The summed E-state index contributed by atoms with van der Waals surface area (Å²) in [4.78, 5) is 22.2. The molecule has 5 nitrogen and oxygen atoms in total. The monoisotopic (exact) mass is 404 g/mol. The maximum absolute atomic E-state index is 13.0. The molecule has 148 valence electrons. The normalized spacial score (nSPS) is 20.0. The predicted molar refractivity (Wildman–Crippen MR) is 117 cm³/mol. The van der Waals surface area contributed by atoms with Crippen molar-refractivity contribution in [3.63, 3.8) is 0 Å². The average Bonchev–Trinajstić information content (AvgIpc) is 3.45. The van der Waals surface area contributed by atoms with E-state index < -0.39 is 0 Å². The summed E-state index contributed by atoms with van der Waals surface area (Å²) in [5.74, 6) is 1.15. The molecule has 1 atom stereocenters. The number of carbonyl (C=O) groups excluding carboxylic acids is 1. The number of anilines is 1. The van der Waals surface area contributed by atoms with Crippen LogP contribution in [0.1, 0.15) is 24.6 Å². The molecule has 29 heavy (non-hydrogen) atoms. The summed E-state index contributed by atoms with van der Waals surface area (Å²) in [6, 6.07) is 10.4. The van der Waals surface area contributed by atoms with E-state index in [1.54, 1.807) is 11.3 Å². The van der Waals surface area contributed by atoms with E-state index in [1.807, 2.05) is 28.6 Å². The lowest BCUT2D eigenvalue weighted by atomic mass is 9.88. The lowest BCUT2D eigenvalue weighted by Crippen LogP contribution is -2.53. The smallest absolute Gasteiger partial charge is 0.227 e. The number of hydrogen-bond donors (Lipinski definition) is 0. The third-order valence-corrected chi connectivity index (χ3v) is 6.72. The van der Waals surface area contributed by atoms with E-state index in [2.05, 4.69) is 57.7 Å². The first-order valence-electron chi connectivity index (χ1n) is 9.92. The molecule has 2 aliphatic heterocycles. The van der Waals surface area contributed by atoms with Crippen molar-refractivity contribution >= 4 is 22.9 Å². The van der Waals surface area contributed by atoms with Crippen LogP contribution in [0.25, 0.3) is 5.82 Å². The standard InChI is InChI=1S/C23H24N4OS/c1-17(2)14-27-19-5-3-9-24-22(19)26-10-4-6-20(26)23(27)8-11-25(16-23)21(28)13-18-7-12-29-15-18/h3-7,9-10,12,15H,1,8,11,13-14,16H2,2H3/t23-/m1/s1. The second-order valence-electron chi connectivity index (χ2n) is 8.06. The van der Waals surface area contributed by atoms with E-state index in [0.717, 1.165) is 42.2 Å². The van der Waals surface area contributed by atoms with Gasteiger partial charge in [0, 0.05) is 32.0 Å². The summed E-state index contributed by atoms with van der Waals surface area (Å²) >= 11 is 1.64. The fraction of sp³-hybridized carbons (Fsp3) is 0.304. The highest BCUT2D eigenvalue weighted by molar-refractivity contribution is 7.08. The van der Waals surface area contributed by atoms with Crippen LogP contribution in [0.3, 0.4) is 0 Å². The van der Waals surface area contributed by atoms with E-state index in [9.17, 15) is 4.79 Å². The first-order chi connectivity index (χ1) is 14.1. The van der Waals surface area contributed by atoms with Crippen LogP contribution in [0.5, 0.6) is 0 Å². The van der Waals surface area contributed by atoms with Crippen molar-refractivity contribution in [2.24, 2.45) is 0 Å². The number of rotatable bonds is 4. The first-order valence-corrected chi connectivity index (χ1v) is 10.9. The van der Waals surface area contributed by atoms with Crippen LogP contribution in [-0.2, 0) is 16.8 Å². The van der Waals surface area contributed by atoms with Crippen molar-refractivity contribution < 1.29 is 4.79 Å². The van der Waals surface area contributed by atoms with Crippen LogP contribution in [0.2, 0.25) is 0 Å². The van der Waals surface area contributed by atoms with Gasteiger partial charge in [-0.05, 0) is 60.0 Å². The SMILES string of the molecule is C=C(C)CN1c2cccnc2-n2cccc2[C@]12CCN(C(=O)Cc1ccsc1)C2. The van der Waals surface area contributed by atoms with Gasteiger partial charge in [-0.1, -0.05) is 12.2 Å². The number of likely N-dealkylation sites (tertiary alicyclic amines) is 1. The molecular weight excluding hydrogens is 380 g/mol. The fourth-order valence-electron chi connectivity index (χ4n) is 4.72. The number of carbonyl (C=O) groups is 1. The maximum atomic E-state index is 13.0. The van der Waals surface area contributed by atoms with E-state index in [4.69, 9.17) is 0 Å². The molecular formula is C23H24N4OS. The van der Waals surface area contributed by atoms with Gasteiger partial charge in [0.2, 0.25) is 5.91 Å². The van der Waals surface area contributed by atoms with Gasteiger partial charge in [0.05, 0.1) is 17.8 Å². The molecule has 1 amide bonds. The Morgan fingerprint density at radius 3 is 3.00 bits per heavy atom. The minimum Gasteiger partial charge on any atom is -0.351 e. The quantitative estimate of drug-likeness (QED) is 0.617. The zero-order valence-electron chi connectivity index (χ0n) is 16.5. The summed E-state index contributed by atoms with van der Waals surface area (Å²) in [7, 11) is 0. The van der Waals surface area contributed by atoms with Crippen LogP contribution >= 0.6 is 11.3 Å². The third kappa shape index (κ3) is 2.90. The summed E-state index contributed by atoms with van der Waals surface area (Å²) < 4.78 is 2.19. The summed E-state index contributed by atoms with van der Waals surface area (Å²) in [6.07, 6.45) is 5.29. The molecule has 3 aromatic rings. The number of pyridine rings is 1. The molecule has 1 fully saturated rings. The molecule has 2 aliphatic rings. The Morgan fingerprint density at radius 2 is 2.21 bits per heavy atom. The molecule has 3 aromatic heterocycles. The van der Waals surface area contributed by atoms with Gasteiger partial charge < -0.3 is 14.4 Å². The van der Waals surface area contributed by atoms with Crippen LogP contribution in [0.4, 0.5) is 5.69 Å². The minimum atomic E-state index is -0.261. The highest BCUT2D eigenvalue weighted by atomic mass is 32.1. The molecule has 0 aliphatic carbocycles. The topological polar surface area (TPSA) is 41.4 Å². The molecule has 0 bridgehead atoms. The Labute approximate surface area is 174 Å². The largest absolute Gasteiger partial charge is 0.351 e. The van der Waals surface area contributed by atoms with Crippen LogP contribution in [0, 0.1) is 0 Å². The van der Waals surface area contributed by atoms with Crippen molar-refractivity contribution in [3.8, 4) is 5.82 Å². The van der Waals surface area contributed by atoms with Crippen LogP contribution in [0.15, 0.2) is 65.6 Å². The van der Waals surface area contributed by atoms with E-state index in [0.29, 0.717) is 13.0 Å². The second kappa shape index (κ2) is 6.88. The molecule has 5 rings (SSSR count). The Morgan fingerprint density at radius 1 is 1.31 bits per heavy atom. The molecule has 0 aromatic carbocycles. The third-order valence-electron chi connectivity index (χ3n) is 5.99. The summed E-state index contributed by atoms with van der Waals surface area (Å²) in [5.41, 5.74) is 4.24. The predicted octanol–water partition coefficient (Wildman–Crippen LogP) is 4.00. The fourth-order valence-corrected chi connectivity index (χ4v) is 5.39. The number of fused-ring (bicyclic) bond motifs is 4. The van der Waals surface area contributed by atoms with Gasteiger partial charge in [-0.15, -0.1) is 0 Å². The molecule has 5 heterocycles. The molecule has 0 unspecified atom stereocenters. The molecule has 1 saturated heterocycles. The number of amides is 1. The molecule has 0 radical (unpaired) electrons. The van der Waals surface area contributed by atoms with Gasteiger partial charge in [-0.2, -0.15) is 11.3 Å². The zero-order chi connectivity index (χ0) is 20.0. The van der Waals surface area contributed by atoms with Crippen LogP contribution < -0.4 is 4.90 Å². The lowest BCUT2D eigenvalue weighted by molar-refractivity contribution is -0.129. The van der Waals surface area contributed by atoms with E-state index in [1.165, 1.54) is 5.69 Å². The Balaban J connectivity index is 1.54. The van der Waals surface area contributed by atoms with E-state index >= 15 is 0 Å². The second-order valence-corrected chi connectivity index (χ2v) is 8.84. The summed E-state index contributed by atoms with van der Waals surface area (Å²) in [6.45, 7) is 8.43. The number of hydrogen-bond acceptors (Lipinski definition) is 4. The highest BCUT2D eigenvalue weighted by Crippen LogP contribution is 2.47. The van der Waals surface area contributed by atoms with Gasteiger partial charge in [0.1, 0.15) is 5.54 Å². The number of aromatic nitrogens is 2. The molecule has 1 spiro atoms. The van der Waals surface area contributed by atoms with Crippen LogP contribution in [-0.4, -0.2) is 40.0 Å². The summed E-state index contributed by atoms with van der Waals surface area (Å²) in [5, 5.41) is 4.09. The number of thiophene rings is 1. The van der Waals surface area contributed by atoms with Crippen molar-refractivity contribution in [2.75, 3.05) is 24.5 Å². The zero-order valence-corrected chi connectivity index (χ0v) is 17.4. The lowest BCUT2D eigenvalue weighted by Gasteiger charge is -2.47. The molecule has 6 heteroatoms. The van der Waals surface area contributed by atoms with Crippen molar-refractivity contribution in [1.29, 1.82) is 0 Å². The van der Waals surface area contributed by atoms with Gasteiger partial charge in [0.15, 0.2) is 5.82 Å². The van der Waals surface area contributed by atoms with Crippen molar-refractivity contribution in [3.05, 3.63) is 76.9 Å². The van der Waals surface area contributed by atoms with E-state index in [-0.39, 0.29) is 11.4 Å². The van der Waals surface area contributed by atoms with Crippen molar-refractivity contribution in [1.82, 2.24) is 14.5 Å². The highest BCUT2D eigenvalue weighted by Gasteiger charge is 2.50.